The number of carbonyl (C=O) groups excluding carboxylic acids is 3. The molecule has 2 fully saturated rings. The summed E-state index contributed by atoms with van der Waals surface area (Å²) < 4.78 is 18.9. The Morgan fingerprint density at radius 3 is 2.24 bits per heavy atom. The van der Waals surface area contributed by atoms with Gasteiger partial charge in [0.2, 0.25) is 5.91 Å². The minimum atomic E-state index is -0.391. The molecule has 1 saturated heterocycles. The van der Waals surface area contributed by atoms with Crippen molar-refractivity contribution in [2.45, 2.75) is 70.4 Å². The summed E-state index contributed by atoms with van der Waals surface area (Å²) in [4.78, 5) is 40.9. The highest BCUT2D eigenvalue weighted by Gasteiger charge is 2.33. The maximum Gasteiger partial charge on any atom is 0.253 e. The number of hydrogen-bond acceptors (Lipinski definition) is 4. The molecule has 3 atom stereocenters. The number of benzene rings is 2. The Balaban J connectivity index is 1.32. The zero-order chi connectivity index (χ0) is 26.9. The number of carbonyl (C=O) groups is 3. The van der Waals surface area contributed by atoms with Crippen molar-refractivity contribution in [2.24, 2.45) is 5.92 Å². The van der Waals surface area contributed by atoms with E-state index in [1.54, 1.807) is 17.0 Å². The van der Waals surface area contributed by atoms with Crippen LogP contribution in [0.4, 0.5) is 4.39 Å². The lowest BCUT2D eigenvalue weighted by atomic mass is 9.88. The van der Waals surface area contributed by atoms with Crippen LogP contribution >= 0.6 is 0 Å². The van der Waals surface area contributed by atoms with Gasteiger partial charge in [0.05, 0.1) is 12.5 Å². The molecule has 0 radical (unpaired) electrons. The van der Waals surface area contributed by atoms with Crippen LogP contribution in [0.25, 0.3) is 0 Å². The molecule has 1 saturated carbocycles. The van der Waals surface area contributed by atoms with Crippen LogP contribution in [0.1, 0.15) is 79.0 Å². The molecule has 2 aliphatic rings. The molecule has 0 aromatic heterocycles. The first-order valence-corrected chi connectivity index (χ1v) is 13.8. The molecule has 2 N–H and O–H groups in total. The van der Waals surface area contributed by atoms with Crippen molar-refractivity contribution < 1.29 is 23.5 Å². The van der Waals surface area contributed by atoms with Gasteiger partial charge in [0.15, 0.2) is 0 Å². The van der Waals surface area contributed by atoms with Gasteiger partial charge in [-0.15, -0.1) is 0 Å². The van der Waals surface area contributed by atoms with Gasteiger partial charge >= 0.3 is 0 Å². The first-order chi connectivity index (χ1) is 18.4. The monoisotopic (exact) mass is 523 g/mol. The van der Waals surface area contributed by atoms with Crippen LogP contribution in [0.2, 0.25) is 0 Å². The van der Waals surface area contributed by atoms with Gasteiger partial charge in [-0.25, -0.2) is 4.39 Å². The maximum atomic E-state index is 13.3. The second-order valence-corrected chi connectivity index (χ2v) is 10.3. The van der Waals surface area contributed by atoms with Crippen LogP contribution in [0.3, 0.4) is 0 Å². The van der Waals surface area contributed by atoms with Gasteiger partial charge in [-0.05, 0) is 80.6 Å². The van der Waals surface area contributed by atoms with Crippen LogP contribution in [0, 0.1) is 11.7 Å². The number of hydrogen-bond donors (Lipinski definition) is 2. The van der Waals surface area contributed by atoms with E-state index in [1.807, 2.05) is 12.1 Å². The molecule has 0 bridgehead atoms. The normalized spacial score (nSPS) is 21.4. The Kier molecular flexibility index (Phi) is 9.73. The number of likely N-dealkylation sites (tertiary alicyclic amines) is 1. The number of ether oxygens (including phenoxy) is 1. The van der Waals surface area contributed by atoms with E-state index in [1.165, 1.54) is 24.3 Å². The molecule has 1 aliphatic heterocycles. The molecule has 4 rings (SSSR count). The minimum absolute atomic E-state index is 0.0740. The minimum Gasteiger partial charge on any atom is -0.494 e. The van der Waals surface area contributed by atoms with E-state index in [0.717, 1.165) is 57.1 Å². The Morgan fingerprint density at radius 2 is 1.55 bits per heavy atom. The number of rotatable bonds is 9. The number of nitrogens with zero attached hydrogens (tertiary/aromatic N) is 1. The zero-order valence-corrected chi connectivity index (χ0v) is 22.1. The van der Waals surface area contributed by atoms with E-state index in [2.05, 4.69) is 17.6 Å². The van der Waals surface area contributed by atoms with Gasteiger partial charge in [-0.1, -0.05) is 26.2 Å². The second-order valence-electron chi connectivity index (χ2n) is 10.3. The summed E-state index contributed by atoms with van der Waals surface area (Å²) >= 11 is 0. The van der Waals surface area contributed by atoms with Gasteiger partial charge < -0.3 is 20.3 Å². The first kappa shape index (κ1) is 27.6. The summed E-state index contributed by atoms with van der Waals surface area (Å²) in [5.74, 6) is -0.357. The second kappa shape index (κ2) is 13.4. The molecule has 8 heteroatoms. The van der Waals surface area contributed by atoms with Gasteiger partial charge in [-0.2, -0.15) is 0 Å². The van der Waals surface area contributed by atoms with E-state index >= 15 is 0 Å². The van der Waals surface area contributed by atoms with E-state index < -0.39 is 5.82 Å². The third-order valence-corrected chi connectivity index (χ3v) is 7.46. The summed E-state index contributed by atoms with van der Waals surface area (Å²) in [6.45, 7) is 3.76. The smallest absolute Gasteiger partial charge is 0.253 e. The Hall–Kier alpha value is -3.42. The fourth-order valence-corrected chi connectivity index (χ4v) is 5.22. The van der Waals surface area contributed by atoms with E-state index in [4.69, 9.17) is 4.74 Å². The van der Waals surface area contributed by atoms with Crippen LogP contribution in [-0.2, 0) is 4.79 Å². The number of piperidine rings is 1. The van der Waals surface area contributed by atoms with Crippen LogP contribution in [0.5, 0.6) is 5.75 Å². The van der Waals surface area contributed by atoms with E-state index in [9.17, 15) is 18.8 Å². The largest absolute Gasteiger partial charge is 0.494 e. The topological polar surface area (TPSA) is 87.7 Å². The summed E-state index contributed by atoms with van der Waals surface area (Å²) in [5.41, 5.74) is 0.980. The summed E-state index contributed by atoms with van der Waals surface area (Å²) in [5, 5.41) is 6.20. The summed E-state index contributed by atoms with van der Waals surface area (Å²) in [6, 6.07) is 12.3. The Morgan fingerprint density at radius 1 is 0.895 bits per heavy atom. The van der Waals surface area contributed by atoms with Crippen molar-refractivity contribution in [2.75, 3.05) is 19.7 Å². The highest BCUT2D eigenvalue weighted by molar-refractivity contribution is 5.95. The summed E-state index contributed by atoms with van der Waals surface area (Å²) in [6.07, 6.45) is 7.02. The van der Waals surface area contributed by atoms with E-state index in [-0.39, 0.29) is 35.7 Å². The maximum absolute atomic E-state index is 13.3. The number of halogens is 1. The first-order valence-electron chi connectivity index (χ1n) is 13.8. The Bertz CT molecular complexity index is 1090. The van der Waals surface area contributed by atoms with Crippen molar-refractivity contribution in [3.05, 3.63) is 65.5 Å². The predicted molar refractivity (Wildman–Crippen MR) is 144 cm³/mol. The van der Waals surface area contributed by atoms with Crippen molar-refractivity contribution in [3.8, 4) is 5.75 Å². The fraction of sp³-hybridized carbons (Fsp3) is 0.500. The fourth-order valence-electron chi connectivity index (χ4n) is 5.22. The number of nitrogens with one attached hydrogen (secondary N) is 2. The summed E-state index contributed by atoms with van der Waals surface area (Å²) in [7, 11) is 0. The molecule has 1 aliphatic carbocycles. The lowest BCUT2D eigenvalue weighted by Crippen LogP contribution is -2.55. The molecule has 2 aromatic carbocycles. The van der Waals surface area contributed by atoms with Crippen molar-refractivity contribution in [1.82, 2.24) is 15.5 Å². The van der Waals surface area contributed by atoms with Gasteiger partial charge in [0.25, 0.3) is 11.8 Å². The van der Waals surface area contributed by atoms with Crippen molar-refractivity contribution >= 4 is 17.7 Å². The van der Waals surface area contributed by atoms with Crippen molar-refractivity contribution in [1.29, 1.82) is 0 Å². The number of unbranched alkanes of at least 4 members (excludes halogenated alkanes) is 1. The molecule has 3 amide bonds. The molecular formula is C30H38FN3O4. The van der Waals surface area contributed by atoms with Gasteiger partial charge in [-0.3, -0.25) is 14.4 Å². The molecule has 1 heterocycles. The van der Waals surface area contributed by atoms with E-state index in [0.29, 0.717) is 30.8 Å². The highest BCUT2D eigenvalue weighted by Crippen LogP contribution is 2.23. The average molecular weight is 524 g/mol. The molecule has 204 valence electrons. The standard InChI is InChI=1S/C30H38FN3O4/c1-2-3-19-38-25-16-12-22(13-17-25)30(37)34-18-6-7-23(20-34)29(36)33-27-9-5-4-8-26(27)32-28(35)21-10-14-24(31)15-11-21/h10-17,23,26-27H,2-9,18-20H2,1H3,(H,32,35)(H,33,36)/t23-,26-,27-/m1/s1. The van der Waals surface area contributed by atoms with Crippen molar-refractivity contribution in [3.63, 3.8) is 0 Å². The quantitative estimate of drug-likeness (QED) is 0.466. The molecular weight excluding hydrogens is 485 g/mol. The molecule has 7 nitrogen and oxygen atoms in total. The SMILES string of the molecule is CCCCOc1ccc(C(=O)N2CCC[C@@H](C(=O)N[C@@H]3CCCC[C@H]3NC(=O)c3ccc(F)cc3)C2)cc1. The van der Waals surface area contributed by atoms with Crippen LogP contribution in [0.15, 0.2) is 48.5 Å². The third-order valence-electron chi connectivity index (χ3n) is 7.46. The molecule has 38 heavy (non-hydrogen) atoms. The lowest BCUT2D eigenvalue weighted by molar-refractivity contribution is -0.127. The Labute approximate surface area is 224 Å². The van der Waals surface area contributed by atoms with Crippen LogP contribution in [-0.4, -0.2) is 54.4 Å². The van der Waals surface area contributed by atoms with Crippen LogP contribution < -0.4 is 15.4 Å². The van der Waals surface area contributed by atoms with Gasteiger partial charge in [0.1, 0.15) is 11.6 Å². The lowest BCUT2D eigenvalue weighted by Gasteiger charge is -2.36. The number of amides is 3. The third kappa shape index (κ3) is 7.33. The molecule has 0 unspecified atom stereocenters. The zero-order valence-electron chi connectivity index (χ0n) is 22.1. The average Bonchev–Trinajstić information content (AvgIpc) is 2.94. The highest BCUT2D eigenvalue weighted by atomic mass is 19.1. The molecule has 2 aromatic rings. The van der Waals surface area contributed by atoms with Gasteiger partial charge in [0, 0.05) is 36.3 Å². The predicted octanol–water partition coefficient (Wildman–Crippen LogP) is 4.71. The molecule has 0 spiro atoms.